The van der Waals surface area contributed by atoms with Gasteiger partial charge >= 0.3 is 0 Å². The molecule has 0 aromatic carbocycles. The van der Waals surface area contributed by atoms with Crippen LogP contribution >= 0.6 is 12.2 Å². The van der Waals surface area contributed by atoms with E-state index in [4.69, 9.17) is 12.2 Å². The molecule has 6 unspecified atom stereocenters. The largest absolute Gasteiger partial charge is 0.380 e. The van der Waals surface area contributed by atoms with E-state index in [1.54, 1.807) is 0 Å². The number of fused-ring (bicyclic) bond motifs is 4. The standard InChI is InChI=1S/C17H26N2S/c1-10(18-15-8-11-2-4-13(15)6-11)17(20)19-16-9-12-3-5-14(16)7-12/h11-16,18H,1-9H2,(H,19,20). The molecule has 4 bridgehead atoms. The summed E-state index contributed by atoms with van der Waals surface area (Å²) in [4.78, 5) is 0.880. The van der Waals surface area contributed by atoms with E-state index in [0.717, 1.165) is 34.4 Å². The molecule has 0 heterocycles. The number of nitrogens with one attached hydrogen (secondary N) is 2. The van der Waals surface area contributed by atoms with Gasteiger partial charge in [0, 0.05) is 12.1 Å². The monoisotopic (exact) mass is 290 g/mol. The van der Waals surface area contributed by atoms with Gasteiger partial charge in [-0.15, -0.1) is 0 Å². The van der Waals surface area contributed by atoms with Crippen LogP contribution in [-0.4, -0.2) is 17.1 Å². The summed E-state index contributed by atoms with van der Waals surface area (Å²) in [5, 5.41) is 7.23. The van der Waals surface area contributed by atoms with E-state index in [1.807, 2.05) is 0 Å². The molecule has 4 aliphatic carbocycles. The highest BCUT2D eigenvalue weighted by Gasteiger charge is 2.41. The van der Waals surface area contributed by atoms with Gasteiger partial charge in [-0.3, -0.25) is 0 Å². The Morgan fingerprint density at radius 2 is 1.35 bits per heavy atom. The lowest BCUT2D eigenvalue weighted by molar-refractivity contribution is 0.374. The molecule has 0 amide bonds. The van der Waals surface area contributed by atoms with Crippen LogP contribution in [0.3, 0.4) is 0 Å². The lowest BCUT2D eigenvalue weighted by Crippen LogP contribution is -2.43. The predicted molar refractivity (Wildman–Crippen MR) is 86.5 cm³/mol. The van der Waals surface area contributed by atoms with Crippen LogP contribution in [0.15, 0.2) is 12.3 Å². The molecule has 6 atom stereocenters. The van der Waals surface area contributed by atoms with Gasteiger partial charge < -0.3 is 10.6 Å². The quantitative estimate of drug-likeness (QED) is 0.613. The molecule has 3 heteroatoms. The van der Waals surface area contributed by atoms with E-state index in [9.17, 15) is 0 Å². The van der Waals surface area contributed by atoms with E-state index >= 15 is 0 Å². The van der Waals surface area contributed by atoms with Crippen LogP contribution in [0.1, 0.15) is 51.4 Å². The minimum atomic E-state index is 0.625. The van der Waals surface area contributed by atoms with Gasteiger partial charge in [0.25, 0.3) is 0 Å². The normalized spacial score (nSPS) is 44.8. The molecule has 0 saturated heterocycles. The maximum Gasteiger partial charge on any atom is 0.122 e. The van der Waals surface area contributed by atoms with Gasteiger partial charge in [-0.25, -0.2) is 0 Å². The van der Waals surface area contributed by atoms with E-state index in [2.05, 4.69) is 17.2 Å². The van der Waals surface area contributed by atoms with Crippen molar-refractivity contribution in [1.29, 1.82) is 0 Å². The fraction of sp³-hybridized carbons (Fsp3) is 0.824. The van der Waals surface area contributed by atoms with Crippen LogP contribution in [0, 0.1) is 23.7 Å². The lowest BCUT2D eigenvalue weighted by atomic mass is 9.94. The lowest BCUT2D eigenvalue weighted by Gasteiger charge is -2.28. The van der Waals surface area contributed by atoms with Crippen LogP contribution in [0.25, 0.3) is 0 Å². The van der Waals surface area contributed by atoms with Crippen molar-refractivity contribution in [3.8, 4) is 0 Å². The molecule has 2 N–H and O–H groups in total. The molecule has 2 nitrogen and oxygen atoms in total. The van der Waals surface area contributed by atoms with E-state index < -0.39 is 0 Å². The highest BCUT2D eigenvalue weighted by atomic mass is 32.1. The van der Waals surface area contributed by atoms with Crippen molar-refractivity contribution in [3.05, 3.63) is 12.3 Å². The Balaban J connectivity index is 1.29. The van der Waals surface area contributed by atoms with Crippen molar-refractivity contribution in [3.63, 3.8) is 0 Å². The number of hydrogen-bond acceptors (Lipinski definition) is 2. The molecule has 0 aromatic rings. The summed E-state index contributed by atoms with van der Waals surface area (Å²) in [7, 11) is 0. The van der Waals surface area contributed by atoms with Gasteiger partial charge in [-0.05, 0) is 62.2 Å². The van der Waals surface area contributed by atoms with Crippen LogP contribution in [-0.2, 0) is 0 Å². The second kappa shape index (κ2) is 5.01. The van der Waals surface area contributed by atoms with Crippen molar-refractivity contribution in [2.45, 2.75) is 63.5 Å². The number of rotatable bonds is 4. The van der Waals surface area contributed by atoms with Gasteiger partial charge in [0.05, 0.1) is 5.70 Å². The van der Waals surface area contributed by atoms with Gasteiger partial charge in [-0.1, -0.05) is 31.6 Å². The smallest absolute Gasteiger partial charge is 0.122 e. The van der Waals surface area contributed by atoms with Crippen molar-refractivity contribution in [2.75, 3.05) is 0 Å². The van der Waals surface area contributed by atoms with Crippen LogP contribution < -0.4 is 10.6 Å². The van der Waals surface area contributed by atoms with Crippen LogP contribution in [0.2, 0.25) is 0 Å². The third-order valence-corrected chi connectivity index (χ3v) is 6.79. The second-order valence-corrected chi connectivity index (χ2v) is 8.07. The molecular formula is C17H26N2S. The summed E-state index contributed by atoms with van der Waals surface area (Å²) >= 11 is 5.58. The zero-order valence-electron chi connectivity index (χ0n) is 12.2. The molecule has 4 aliphatic rings. The Morgan fingerprint density at radius 3 is 1.80 bits per heavy atom. The Labute approximate surface area is 127 Å². The average Bonchev–Trinajstić information content (AvgIpc) is 3.18. The first-order valence-electron chi connectivity index (χ1n) is 8.45. The zero-order chi connectivity index (χ0) is 13.7. The van der Waals surface area contributed by atoms with Gasteiger partial charge in [0.1, 0.15) is 4.99 Å². The van der Waals surface area contributed by atoms with Crippen molar-refractivity contribution < 1.29 is 0 Å². The number of thiocarbonyl (C=S) groups is 1. The van der Waals surface area contributed by atoms with Crippen molar-refractivity contribution in [1.82, 2.24) is 10.6 Å². The highest BCUT2D eigenvalue weighted by Crippen LogP contribution is 2.45. The Hall–Kier alpha value is -0.570. The minimum Gasteiger partial charge on any atom is -0.380 e. The van der Waals surface area contributed by atoms with Gasteiger partial charge in [-0.2, -0.15) is 0 Å². The molecule has 4 fully saturated rings. The first-order valence-corrected chi connectivity index (χ1v) is 8.86. The fourth-order valence-corrected chi connectivity index (χ4v) is 5.60. The van der Waals surface area contributed by atoms with E-state index in [0.29, 0.717) is 12.1 Å². The third kappa shape index (κ3) is 2.28. The summed E-state index contributed by atoms with van der Waals surface area (Å²) in [5.41, 5.74) is 0.973. The van der Waals surface area contributed by atoms with Gasteiger partial charge in [0.15, 0.2) is 0 Å². The molecule has 0 aliphatic heterocycles. The summed E-state index contributed by atoms with van der Waals surface area (Å²) in [5.74, 6) is 3.68. The van der Waals surface area contributed by atoms with E-state index in [-0.39, 0.29) is 0 Å². The Bertz CT molecular complexity index is 393. The maximum absolute atomic E-state index is 5.58. The first kappa shape index (κ1) is 13.1. The second-order valence-electron chi connectivity index (χ2n) is 7.66. The highest BCUT2D eigenvalue weighted by molar-refractivity contribution is 7.80. The fourth-order valence-electron chi connectivity index (χ4n) is 5.39. The summed E-state index contributed by atoms with van der Waals surface area (Å²) < 4.78 is 0. The van der Waals surface area contributed by atoms with E-state index in [1.165, 1.54) is 51.4 Å². The SMILES string of the molecule is C=C(NC1CC2CCC1C2)C(=S)NC1CC2CCC1C2. The minimum absolute atomic E-state index is 0.625. The molecule has 4 saturated carbocycles. The number of hydrogen-bond donors (Lipinski definition) is 2. The third-order valence-electron chi connectivity index (χ3n) is 6.43. The average molecular weight is 290 g/mol. The molecule has 20 heavy (non-hydrogen) atoms. The topological polar surface area (TPSA) is 24.1 Å². The summed E-state index contributed by atoms with van der Waals surface area (Å²) in [6, 6.07) is 1.26. The Kier molecular flexibility index (Phi) is 3.29. The maximum atomic E-state index is 5.58. The Morgan fingerprint density at radius 1 is 0.800 bits per heavy atom. The summed E-state index contributed by atoms with van der Waals surface area (Å²) in [6.07, 6.45) is 11.2. The molecule has 0 radical (unpaired) electrons. The summed E-state index contributed by atoms with van der Waals surface area (Å²) in [6.45, 7) is 4.19. The van der Waals surface area contributed by atoms with Crippen LogP contribution in [0.4, 0.5) is 0 Å². The molecular weight excluding hydrogens is 264 g/mol. The molecule has 0 spiro atoms. The molecule has 4 rings (SSSR count). The predicted octanol–water partition coefficient (Wildman–Crippen LogP) is 3.38. The zero-order valence-corrected chi connectivity index (χ0v) is 13.1. The first-order chi connectivity index (χ1) is 9.69. The molecule has 0 aromatic heterocycles. The van der Waals surface area contributed by atoms with Crippen molar-refractivity contribution >= 4 is 17.2 Å². The van der Waals surface area contributed by atoms with Gasteiger partial charge in [0.2, 0.25) is 0 Å². The van der Waals surface area contributed by atoms with Crippen LogP contribution in [0.5, 0.6) is 0 Å². The van der Waals surface area contributed by atoms with Crippen molar-refractivity contribution in [2.24, 2.45) is 23.7 Å². The molecule has 110 valence electrons.